The zero-order valence-electron chi connectivity index (χ0n) is 8.22. The molecule has 88 valence electrons. The Balaban J connectivity index is 2.33. The third kappa shape index (κ3) is 2.97. The minimum atomic E-state index is -0.507. The van der Waals surface area contributed by atoms with Crippen molar-refractivity contribution in [1.29, 1.82) is 0 Å². The van der Waals surface area contributed by atoms with E-state index in [1.54, 1.807) is 12.1 Å². The smallest absolute Gasteiger partial charge is 0.153 e. The monoisotopic (exact) mass is 291 g/mol. The molecule has 1 heterocycles. The van der Waals surface area contributed by atoms with E-state index in [1.807, 2.05) is 0 Å². The third-order valence-electron chi connectivity index (χ3n) is 1.89. The Labute approximate surface area is 112 Å². The Morgan fingerprint density at radius 2 is 1.65 bits per heavy atom. The number of aromatic nitrogens is 2. The summed E-state index contributed by atoms with van der Waals surface area (Å²) >= 11 is 17.3. The Kier molecular flexibility index (Phi) is 3.66. The highest BCUT2D eigenvalue weighted by molar-refractivity contribution is 6.39. The van der Waals surface area contributed by atoms with Gasteiger partial charge in [0.15, 0.2) is 11.0 Å². The Morgan fingerprint density at radius 3 is 2.18 bits per heavy atom. The fraction of sp³-hybridized carbons (Fsp3) is 0. The first-order chi connectivity index (χ1) is 8.06. The van der Waals surface area contributed by atoms with Gasteiger partial charge in [-0.3, -0.25) is 0 Å². The molecule has 0 atom stereocenters. The predicted octanol–water partition coefficient (Wildman–Crippen LogP) is 4.32. The zero-order valence-corrected chi connectivity index (χ0v) is 10.5. The SMILES string of the molecule is Fc1cc(Cl)c(Nc2ccc(Cl)nn2)c(Cl)c1. The van der Waals surface area contributed by atoms with Crippen LogP contribution in [0.2, 0.25) is 15.2 Å². The molecule has 0 amide bonds. The summed E-state index contributed by atoms with van der Waals surface area (Å²) in [6, 6.07) is 5.46. The predicted molar refractivity (Wildman–Crippen MR) is 66.7 cm³/mol. The van der Waals surface area contributed by atoms with Crippen LogP contribution in [0.5, 0.6) is 0 Å². The molecule has 0 bridgehead atoms. The lowest BCUT2D eigenvalue weighted by Crippen LogP contribution is -1.97. The van der Waals surface area contributed by atoms with E-state index >= 15 is 0 Å². The highest BCUT2D eigenvalue weighted by Crippen LogP contribution is 2.33. The van der Waals surface area contributed by atoms with Gasteiger partial charge in [0.2, 0.25) is 0 Å². The Hall–Kier alpha value is -1.10. The molecule has 17 heavy (non-hydrogen) atoms. The fourth-order valence-corrected chi connectivity index (χ4v) is 1.83. The molecule has 0 radical (unpaired) electrons. The number of nitrogens with zero attached hydrogens (tertiary/aromatic N) is 2. The van der Waals surface area contributed by atoms with Crippen LogP contribution in [0.4, 0.5) is 15.9 Å². The molecule has 1 aromatic carbocycles. The standard InChI is InChI=1S/C10H5Cl3FN3/c11-6-3-5(14)4-7(12)10(6)15-9-2-1-8(13)16-17-9/h1-4H,(H,15,17). The van der Waals surface area contributed by atoms with Gasteiger partial charge in [0.1, 0.15) is 5.82 Å². The highest BCUT2D eigenvalue weighted by atomic mass is 35.5. The van der Waals surface area contributed by atoms with E-state index in [9.17, 15) is 4.39 Å². The topological polar surface area (TPSA) is 37.8 Å². The first kappa shape index (κ1) is 12.4. The van der Waals surface area contributed by atoms with E-state index in [2.05, 4.69) is 15.5 Å². The number of hydrogen-bond donors (Lipinski definition) is 1. The number of nitrogens with one attached hydrogen (secondary N) is 1. The molecular formula is C10H5Cl3FN3. The van der Waals surface area contributed by atoms with Gasteiger partial charge >= 0.3 is 0 Å². The van der Waals surface area contributed by atoms with E-state index in [0.29, 0.717) is 11.5 Å². The summed E-state index contributed by atoms with van der Waals surface area (Å²) in [6.07, 6.45) is 0. The lowest BCUT2D eigenvalue weighted by molar-refractivity contribution is 0.628. The van der Waals surface area contributed by atoms with Gasteiger partial charge in [-0.2, -0.15) is 0 Å². The number of hydrogen-bond acceptors (Lipinski definition) is 3. The van der Waals surface area contributed by atoms with Crippen LogP contribution >= 0.6 is 34.8 Å². The van der Waals surface area contributed by atoms with Crippen molar-refractivity contribution in [2.75, 3.05) is 5.32 Å². The van der Waals surface area contributed by atoms with Gasteiger partial charge in [0, 0.05) is 0 Å². The van der Waals surface area contributed by atoms with Crippen molar-refractivity contribution in [1.82, 2.24) is 10.2 Å². The van der Waals surface area contributed by atoms with Crippen LogP contribution in [0, 0.1) is 5.82 Å². The second-order valence-electron chi connectivity index (χ2n) is 3.11. The number of benzene rings is 1. The quantitative estimate of drug-likeness (QED) is 0.895. The summed E-state index contributed by atoms with van der Waals surface area (Å²) in [5.74, 6) is -0.0995. The maximum Gasteiger partial charge on any atom is 0.153 e. The van der Waals surface area contributed by atoms with E-state index < -0.39 is 5.82 Å². The molecule has 0 spiro atoms. The second-order valence-corrected chi connectivity index (χ2v) is 4.31. The molecule has 2 aromatic rings. The van der Waals surface area contributed by atoms with Gasteiger partial charge in [-0.1, -0.05) is 34.8 Å². The van der Waals surface area contributed by atoms with Crippen molar-refractivity contribution in [2.24, 2.45) is 0 Å². The van der Waals surface area contributed by atoms with Gasteiger partial charge in [0.25, 0.3) is 0 Å². The summed E-state index contributed by atoms with van der Waals surface area (Å²) in [7, 11) is 0. The van der Waals surface area contributed by atoms with Crippen LogP contribution in [0.25, 0.3) is 0 Å². The third-order valence-corrected chi connectivity index (χ3v) is 2.69. The summed E-state index contributed by atoms with van der Waals surface area (Å²) in [6.45, 7) is 0. The summed E-state index contributed by atoms with van der Waals surface area (Å²) in [4.78, 5) is 0. The zero-order chi connectivity index (χ0) is 12.4. The molecule has 7 heteroatoms. The van der Waals surface area contributed by atoms with Crippen molar-refractivity contribution in [2.45, 2.75) is 0 Å². The molecule has 1 N–H and O–H groups in total. The van der Waals surface area contributed by atoms with Crippen LogP contribution in [0.3, 0.4) is 0 Å². The van der Waals surface area contributed by atoms with Gasteiger partial charge in [-0.25, -0.2) is 4.39 Å². The van der Waals surface area contributed by atoms with Crippen LogP contribution in [0.1, 0.15) is 0 Å². The van der Waals surface area contributed by atoms with E-state index in [0.717, 1.165) is 12.1 Å². The van der Waals surface area contributed by atoms with Crippen molar-refractivity contribution in [3.63, 3.8) is 0 Å². The lowest BCUT2D eigenvalue weighted by Gasteiger charge is -2.09. The largest absolute Gasteiger partial charge is 0.336 e. The van der Waals surface area contributed by atoms with Crippen molar-refractivity contribution in [3.8, 4) is 0 Å². The Bertz CT molecular complexity index is 522. The van der Waals surface area contributed by atoms with E-state index in [-0.39, 0.29) is 15.2 Å². The van der Waals surface area contributed by atoms with Gasteiger partial charge in [-0.15, -0.1) is 10.2 Å². The average molecular weight is 293 g/mol. The highest BCUT2D eigenvalue weighted by Gasteiger charge is 2.09. The molecule has 0 saturated carbocycles. The minimum absolute atomic E-state index is 0.159. The van der Waals surface area contributed by atoms with Crippen molar-refractivity contribution < 1.29 is 4.39 Å². The summed E-state index contributed by atoms with van der Waals surface area (Å²) in [5.41, 5.74) is 0.367. The lowest BCUT2D eigenvalue weighted by atomic mass is 10.3. The molecule has 2 rings (SSSR count). The van der Waals surface area contributed by atoms with Crippen molar-refractivity contribution in [3.05, 3.63) is 45.3 Å². The van der Waals surface area contributed by atoms with Crippen LogP contribution in [0.15, 0.2) is 24.3 Å². The van der Waals surface area contributed by atoms with Gasteiger partial charge < -0.3 is 5.32 Å². The first-order valence-electron chi connectivity index (χ1n) is 4.47. The van der Waals surface area contributed by atoms with Crippen molar-refractivity contribution >= 4 is 46.3 Å². The molecule has 0 aliphatic rings. The summed E-state index contributed by atoms with van der Waals surface area (Å²) in [5, 5.41) is 10.8. The maximum absolute atomic E-state index is 13.0. The summed E-state index contributed by atoms with van der Waals surface area (Å²) < 4.78 is 13.0. The average Bonchev–Trinajstić information content (AvgIpc) is 2.26. The van der Waals surface area contributed by atoms with Gasteiger partial charge in [0.05, 0.1) is 15.7 Å². The maximum atomic E-state index is 13.0. The molecule has 0 aliphatic carbocycles. The molecule has 3 nitrogen and oxygen atoms in total. The van der Waals surface area contributed by atoms with E-state index in [1.165, 1.54) is 0 Å². The second kappa shape index (κ2) is 5.04. The van der Waals surface area contributed by atoms with E-state index in [4.69, 9.17) is 34.8 Å². The first-order valence-corrected chi connectivity index (χ1v) is 5.60. The van der Waals surface area contributed by atoms with Crippen LogP contribution in [-0.4, -0.2) is 10.2 Å². The molecular weight excluding hydrogens is 287 g/mol. The fourth-order valence-electron chi connectivity index (χ4n) is 1.17. The van der Waals surface area contributed by atoms with Crippen LogP contribution < -0.4 is 5.32 Å². The number of rotatable bonds is 2. The molecule has 0 saturated heterocycles. The molecule has 0 aliphatic heterocycles. The molecule has 1 aromatic heterocycles. The number of halogens is 4. The van der Waals surface area contributed by atoms with Crippen LogP contribution in [-0.2, 0) is 0 Å². The normalized spacial score (nSPS) is 10.4. The van der Waals surface area contributed by atoms with Gasteiger partial charge in [-0.05, 0) is 24.3 Å². The minimum Gasteiger partial charge on any atom is -0.336 e. The molecule has 0 unspecified atom stereocenters. The number of anilines is 2. The molecule has 0 fully saturated rings. The Morgan fingerprint density at radius 1 is 1.00 bits per heavy atom.